The van der Waals surface area contributed by atoms with E-state index in [1.807, 2.05) is 0 Å². The zero-order valence-electron chi connectivity index (χ0n) is 41.3. The second-order valence-corrected chi connectivity index (χ2v) is 17.4. The van der Waals surface area contributed by atoms with Gasteiger partial charge in [-0.3, -0.25) is 14.4 Å². The van der Waals surface area contributed by atoms with Crippen molar-refractivity contribution in [2.45, 2.75) is 258 Å². The quantitative estimate of drug-likeness (QED) is 0.0262. The first-order valence-corrected chi connectivity index (χ1v) is 26.4. The van der Waals surface area contributed by atoms with Gasteiger partial charge in [-0.1, -0.05) is 222 Å². The third-order valence-electron chi connectivity index (χ3n) is 11.2. The molecule has 0 aliphatic carbocycles. The van der Waals surface area contributed by atoms with Gasteiger partial charge >= 0.3 is 17.9 Å². The molecule has 63 heavy (non-hydrogen) atoms. The van der Waals surface area contributed by atoms with E-state index < -0.39 is 6.10 Å². The van der Waals surface area contributed by atoms with E-state index >= 15 is 0 Å². The molecule has 0 aliphatic heterocycles. The molecule has 362 valence electrons. The minimum Gasteiger partial charge on any atom is -0.462 e. The van der Waals surface area contributed by atoms with E-state index in [2.05, 4.69) is 93.7 Å². The minimum atomic E-state index is -0.802. The highest BCUT2D eigenvalue weighted by molar-refractivity contribution is 5.71. The van der Waals surface area contributed by atoms with Gasteiger partial charge in [0.2, 0.25) is 0 Å². The third kappa shape index (κ3) is 49.7. The Bertz CT molecular complexity index is 1190. The van der Waals surface area contributed by atoms with Crippen molar-refractivity contribution in [1.82, 2.24) is 0 Å². The Morgan fingerprint density at radius 2 is 0.635 bits per heavy atom. The van der Waals surface area contributed by atoms with E-state index in [1.54, 1.807) is 0 Å². The number of carbonyl (C=O) groups is 3. The molecule has 0 radical (unpaired) electrons. The van der Waals surface area contributed by atoms with Crippen LogP contribution in [0.15, 0.2) is 72.9 Å². The van der Waals surface area contributed by atoms with Gasteiger partial charge in [-0.25, -0.2) is 0 Å². The summed E-state index contributed by atoms with van der Waals surface area (Å²) in [7, 11) is 0. The summed E-state index contributed by atoms with van der Waals surface area (Å²) in [4.78, 5) is 37.9. The first-order chi connectivity index (χ1) is 31.0. The average molecular weight is 879 g/mol. The SMILES string of the molecule is CC/C=C\C/C=C\C/C=C\C/C=C\C/C=C\CCCC(=O)OC(COC(=O)CCCCCCCCCCC)COC(=O)CCCCCCCCCCC/C=C\CCCCCCCC. The summed E-state index contributed by atoms with van der Waals surface area (Å²) in [6, 6.07) is 0. The maximum absolute atomic E-state index is 12.8. The van der Waals surface area contributed by atoms with Gasteiger partial charge in [0.25, 0.3) is 0 Å². The van der Waals surface area contributed by atoms with Gasteiger partial charge in [0.05, 0.1) is 0 Å². The summed E-state index contributed by atoms with van der Waals surface area (Å²) >= 11 is 0. The molecule has 6 nitrogen and oxygen atoms in total. The van der Waals surface area contributed by atoms with Crippen molar-refractivity contribution < 1.29 is 28.6 Å². The zero-order chi connectivity index (χ0) is 45.8. The summed E-state index contributed by atoms with van der Waals surface area (Å²) < 4.78 is 16.7. The monoisotopic (exact) mass is 879 g/mol. The van der Waals surface area contributed by atoms with Gasteiger partial charge in [0.1, 0.15) is 13.2 Å². The zero-order valence-corrected chi connectivity index (χ0v) is 41.3. The molecule has 0 aliphatic rings. The molecule has 0 aromatic rings. The Hall–Kier alpha value is -3.15. The van der Waals surface area contributed by atoms with Crippen LogP contribution in [0.5, 0.6) is 0 Å². The molecule has 0 fully saturated rings. The molecular weight excluding hydrogens is 781 g/mol. The molecule has 6 heteroatoms. The Balaban J connectivity index is 4.38. The number of allylic oxidation sites excluding steroid dienone is 12. The fourth-order valence-corrected chi connectivity index (χ4v) is 7.24. The molecule has 0 aromatic carbocycles. The second-order valence-electron chi connectivity index (χ2n) is 17.4. The van der Waals surface area contributed by atoms with Crippen molar-refractivity contribution in [3.63, 3.8) is 0 Å². The Morgan fingerprint density at radius 3 is 1.03 bits per heavy atom. The predicted molar refractivity (Wildman–Crippen MR) is 270 cm³/mol. The molecule has 1 atom stereocenters. The minimum absolute atomic E-state index is 0.0972. The summed E-state index contributed by atoms with van der Waals surface area (Å²) in [5.41, 5.74) is 0. The van der Waals surface area contributed by atoms with Crippen LogP contribution in [0.2, 0.25) is 0 Å². The van der Waals surface area contributed by atoms with Crippen molar-refractivity contribution in [2.75, 3.05) is 13.2 Å². The van der Waals surface area contributed by atoms with Crippen molar-refractivity contribution in [3.8, 4) is 0 Å². The lowest BCUT2D eigenvalue weighted by atomic mass is 10.1. The van der Waals surface area contributed by atoms with Crippen LogP contribution < -0.4 is 0 Å². The predicted octanol–water partition coefficient (Wildman–Crippen LogP) is 17.4. The maximum atomic E-state index is 12.8. The van der Waals surface area contributed by atoms with Gasteiger partial charge in [-0.15, -0.1) is 0 Å². The fourth-order valence-electron chi connectivity index (χ4n) is 7.24. The molecule has 0 spiro atoms. The number of hydrogen-bond donors (Lipinski definition) is 0. The Morgan fingerprint density at radius 1 is 0.333 bits per heavy atom. The average Bonchev–Trinajstić information content (AvgIpc) is 3.28. The highest BCUT2D eigenvalue weighted by Gasteiger charge is 2.19. The van der Waals surface area contributed by atoms with Crippen LogP contribution in [0.1, 0.15) is 252 Å². The van der Waals surface area contributed by atoms with Crippen LogP contribution in [0.25, 0.3) is 0 Å². The number of rotatable bonds is 47. The summed E-state index contributed by atoms with van der Waals surface area (Å²) in [5, 5.41) is 0. The number of carbonyl (C=O) groups excluding carboxylic acids is 3. The molecule has 0 heterocycles. The lowest BCUT2D eigenvalue weighted by Crippen LogP contribution is -2.30. The Labute approximate surface area is 389 Å². The van der Waals surface area contributed by atoms with E-state index in [0.717, 1.165) is 77.0 Å². The standard InChI is InChI=1S/C57H98O6/c1-4-7-10-13-16-19-21-23-25-27-28-30-31-33-35-38-41-44-47-50-56(59)62-53-54(52-61-55(58)49-46-43-40-37-18-15-12-9-6-3)63-57(60)51-48-45-42-39-36-34-32-29-26-24-22-20-17-14-11-8-5-2/h8,11,17,20,23-26,32,34,39,42,54H,4-7,9-10,12-16,18-19,21-22,27-31,33,35-38,40-41,43-53H2,1-3H3/b11-8-,20-17-,25-23-,26-24-,34-32-,42-39-. The fraction of sp³-hybridized carbons (Fsp3) is 0.737. The van der Waals surface area contributed by atoms with Crippen LogP contribution in [-0.2, 0) is 28.6 Å². The van der Waals surface area contributed by atoms with Crippen molar-refractivity contribution in [2.24, 2.45) is 0 Å². The molecular formula is C57H98O6. The number of unbranched alkanes of at least 4 members (excludes halogenated alkanes) is 24. The van der Waals surface area contributed by atoms with Gasteiger partial charge in [-0.05, 0) is 83.5 Å². The summed E-state index contributed by atoms with van der Waals surface area (Å²) in [6.07, 6.45) is 64.7. The second kappa shape index (κ2) is 51.5. The van der Waals surface area contributed by atoms with E-state index in [-0.39, 0.29) is 37.5 Å². The molecule has 0 saturated carbocycles. The van der Waals surface area contributed by atoms with Crippen LogP contribution in [0.3, 0.4) is 0 Å². The van der Waals surface area contributed by atoms with Crippen LogP contribution in [0.4, 0.5) is 0 Å². The largest absolute Gasteiger partial charge is 0.462 e. The first-order valence-electron chi connectivity index (χ1n) is 26.4. The number of hydrogen-bond acceptors (Lipinski definition) is 6. The molecule has 0 N–H and O–H groups in total. The smallest absolute Gasteiger partial charge is 0.306 e. The molecule has 0 saturated heterocycles. The van der Waals surface area contributed by atoms with Gasteiger partial charge in [0.15, 0.2) is 6.10 Å². The molecule has 1 unspecified atom stereocenters. The van der Waals surface area contributed by atoms with Crippen molar-refractivity contribution in [1.29, 1.82) is 0 Å². The molecule has 0 rings (SSSR count). The van der Waals surface area contributed by atoms with E-state index in [0.29, 0.717) is 19.3 Å². The lowest BCUT2D eigenvalue weighted by Gasteiger charge is -2.18. The summed E-state index contributed by atoms with van der Waals surface area (Å²) in [5.74, 6) is -0.958. The van der Waals surface area contributed by atoms with Gasteiger partial charge in [0, 0.05) is 19.3 Å². The van der Waals surface area contributed by atoms with Gasteiger partial charge < -0.3 is 14.2 Å². The highest BCUT2D eigenvalue weighted by atomic mass is 16.6. The number of ether oxygens (including phenoxy) is 3. The molecule has 0 amide bonds. The number of esters is 3. The lowest BCUT2D eigenvalue weighted by molar-refractivity contribution is -0.167. The van der Waals surface area contributed by atoms with Crippen LogP contribution in [-0.4, -0.2) is 37.2 Å². The van der Waals surface area contributed by atoms with Gasteiger partial charge in [-0.2, -0.15) is 0 Å². The van der Waals surface area contributed by atoms with E-state index in [4.69, 9.17) is 14.2 Å². The van der Waals surface area contributed by atoms with Crippen LogP contribution >= 0.6 is 0 Å². The molecule has 0 aromatic heterocycles. The first kappa shape index (κ1) is 59.9. The van der Waals surface area contributed by atoms with E-state index in [9.17, 15) is 14.4 Å². The third-order valence-corrected chi connectivity index (χ3v) is 11.2. The van der Waals surface area contributed by atoms with Crippen LogP contribution in [0, 0.1) is 0 Å². The van der Waals surface area contributed by atoms with Crippen molar-refractivity contribution >= 4 is 17.9 Å². The normalized spacial score (nSPS) is 12.6. The highest BCUT2D eigenvalue weighted by Crippen LogP contribution is 2.14. The molecule has 0 bridgehead atoms. The maximum Gasteiger partial charge on any atom is 0.306 e. The topological polar surface area (TPSA) is 78.9 Å². The Kier molecular flexibility index (Phi) is 48.9. The van der Waals surface area contributed by atoms with E-state index in [1.165, 1.54) is 128 Å². The summed E-state index contributed by atoms with van der Waals surface area (Å²) in [6.45, 7) is 6.46. The van der Waals surface area contributed by atoms with Crippen molar-refractivity contribution in [3.05, 3.63) is 72.9 Å².